The first kappa shape index (κ1) is 10.5. The van der Waals surface area contributed by atoms with E-state index in [4.69, 9.17) is 9.47 Å². The molecule has 1 aromatic heterocycles. The van der Waals surface area contributed by atoms with Crippen molar-refractivity contribution in [1.82, 2.24) is 20.3 Å². The third-order valence-corrected chi connectivity index (χ3v) is 2.57. The van der Waals surface area contributed by atoms with E-state index in [0.29, 0.717) is 13.2 Å². The van der Waals surface area contributed by atoms with Crippen LogP contribution in [0.5, 0.6) is 0 Å². The molecule has 0 amide bonds. The van der Waals surface area contributed by atoms with Crippen molar-refractivity contribution >= 4 is 0 Å². The van der Waals surface area contributed by atoms with Gasteiger partial charge in [0, 0.05) is 13.5 Å². The monoisotopic (exact) mass is 212 g/mol. The Morgan fingerprint density at radius 2 is 2.33 bits per heavy atom. The summed E-state index contributed by atoms with van der Waals surface area (Å²) >= 11 is 0. The zero-order valence-electron chi connectivity index (χ0n) is 9.01. The molecule has 0 spiro atoms. The van der Waals surface area contributed by atoms with Crippen molar-refractivity contribution in [2.45, 2.75) is 18.8 Å². The Hall–Kier alpha value is -0.980. The van der Waals surface area contributed by atoms with Gasteiger partial charge in [0.2, 0.25) is 0 Å². The predicted molar refractivity (Wildman–Crippen MR) is 53.1 cm³/mol. The molecule has 1 aromatic rings. The highest BCUT2D eigenvalue weighted by molar-refractivity contribution is 5.01. The van der Waals surface area contributed by atoms with E-state index in [9.17, 15) is 0 Å². The molecule has 6 nitrogen and oxygen atoms in total. The second-order valence-electron chi connectivity index (χ2n) is 3.53. The van der Waals surface area contributed by atoms with Crippen molar-refractivity contribution in [3.8, 4) is 0 Å². The SMILES string of the molecule is CNC(CC1OCCO1)c1cnnn1C. The summed E-state index contributed by atoms with van der Waals surface area (Å²) in [7, 11) is 3.79. The minimum atomic E-state index is -0.114. The van der Waals surface area contributed by atoms with Crippen LogP contribution in [0.4, 0.5) is 0 Å². The van der Waals surface area contributed by atoms with E-state index in [0.717, 1.165) is 12.1 Å². The lowest BCUT2D eigenvalue weighted by Crippen LogP contribution is -2.24. The van der Waals surface area contributed by atoms with Crippen LogP contribution in [-0.2, 0) is 16.5 Å². The second-order valence-corrected chi connectivity index (χ2v) is 3.53. The summed E-state index contributed by atoms with van der Waals surface area (Å²) in [6.07, 6.45) is 2.42. The van der Waals surface area contributed by atoms with Crippen molar-refractivity contribution in [1.29, 1.82) is 0 Å². The molecule has 1 saturated heterocycles. The average molecular weight is 212 g/mol. The number of ether oxygens (including phenoxy) is 2. The van der Waals surface area contributed by atoms with Crippen LogP contribution in [0.3, 0.4) is 0 Å². The Balaban J connectivity index is 2.00. The number of hydrogen-bond donors (Lipinski definition) is 1. The van der Waals surface area contributed by atoms with E-state index < -0.39 is 0 Å². The van der Waals surface area contributed by atoms with Crippen LogP contribution in [-0.4, -0.2) is 41.5 Å². The van der Waals surface area contributed by atoms with Gasteiger partial charge in [-0.3, -0.25) is 4.68 Å². The lowest BCUT2D eigenvalue weighted by atomic mass is 10.1. The highest BCUT2D eigenvalue weighted by Gasteiger charge is 2.23. The van der Waals surface area contributed by atoms with Crippen LogP contribution < -0.4 is 5.32 Å². The third kappa shape index (κ3) is 2.34. The summed E-state index contributed by atoms with van der Waals surface area (Å²) in [5, 5.41) is 11.0. The van der Waals surface area contributed by atoms with Crippen LogP contribution in [0, 0.1) is 0 Å². The number of hydrogen-bond acceptors (Lipinski definition) is 5. The number of nitrogens with one attached hydrogen (secondary N) is 1. The van der Waals surface area contributed by atoms with E-state index in [2.05, 4.69) is 15.6 Å². The summed E-state index contributed by atoms with van der Waals surface area (Å²) in [6, 6.07) is 0.160. The molecule has 0 bridgehead atoms. The van der Waals surface area contributed by atoms with Gasteiger partial charge in [-0.2, -0.15) is 0 Å². The van der Waals surface area contributed by atoms with Gasteiger partial charge in [0.05, 0.1) is 31.1 Å². The summed E-state index contributed by atoms with van der Waals surface area (Å²) in [4.78, 5) is 0. The summed E-state index contributed by atoms with van der Waals surface area (Å²) in [6.45, 7) is 1.37. The van der Waals surface area contributed by atoms with Gasteiger partial charge in [-0.1, -0.05) is 5.21 Å². The van der Waals surface area contributed by atoms with Crippen molar-refractivity contribution in [2.75, 3.05) is 20.3 Å². The van der Waals surface area contributed by atoms with Crippen LogP contribution in [0.25, 0.3) is 0 Å². The molecule has 15 heavy (non-hydrogen) atoms. The van der Waals surface area contributed by atoms with Gasteiger partial charge in [0.25, 0.3) is 0 Å². The Kier molecular flexibility index (Phi) is 3.30. The fourth-order valence-electron chi connectivity index (χ4n) is 1.74. The van der Waals surface area contributed by atoms with E-state index in [1.54, 1.807) is 10.9 Å². The predicted octanol–water partition coefficient (Wildman–Crippen LogP) is -0.161. The molecule has 2 heterocycles. The molecule has 1 aliphatic rings. The van der Waals surface area contributed by atoms with Crippen molar-refractivity contribution in [3.63, 3.8) is 0 Å². The van der Waals surface area contributed by atoms with E-state index in [1.165, 1.54) is 0 Å². The number of aryl methyl sites for hydroxylation is 1. The molecule has 0 saturated carbocycles. The summed E-state index contributed by atoms with van der Waals surface area (Å²) in [5.74, 6) is 0. The largest absolute Gasteiger partial charge is 0.350 e. The molecule has 0 radical (unpaired) electrons. The first-order valence-corrected chi connectivity index (χ1v) is 5.06. The average Bonchev–Trinajstić information content (AvgIpc) is 2.85. The molecule has 6 heteroatoms. The normalized spacial score (nSPS) is 19.6. The smallest absolute Gasteiger partial charge is 0.159 e. The molecule has 0 aliphatic carbocycles. The Morgan fingerprint density at radius 3 is 2.87 bits per heavy atom. The van der Waals surface area contributed by atoms with Crippen LogP contribution in [0.2, 0.25) is 0 Å². The second kappa shape index (κ2) is 4.69. The Labute approximate surface area is 88.6 Å². The van der Waals surface area contributed by atoms with Gasteiger partial charge in [0.1, 0.15) is 0 Å². The number of nitrogens with zero attached hydrogens (tertiary/aromatic N) is 3. The van der Waals surface area contributed by atoms with Crippen LogP contribution >= 0.6 is 0 Å². The summed E-state index contributed by atoms with van der Waals surface area (Å²) in [5.41, 5.74) is 1.04. The van der Waals surface area contributed by atoms with Crippen LogP contribution in [0.15, 0.2) is 6.20 Å². The minimum Gasteiger partial charge on any atom is -0.350 e. The molecular weight excluding hydrogens is 196 g/mol. The van der Waals surface area contributed by atoms with Crippen LogP contribution in [0.1, 0.15) is 18.2 Å². The number of rotatable bonds is 4. The maximum atomic E-state index is 5.41. The molecule has 2 rings (SSSR count). The van der Waals surface area contributed by atoms with Gasteiger partial charge >= 0.3 is 0 Å². The Bertz CT molecular complexity index is 309. The Morgan fingerprint density at radius 1 is 1.60 bits per heavy atom. The maximum Gasteiger partial charge on any atom is 0.159 e. The highest BCUT2D eigenvalue weighted by Crippen LogP contribution is 2.20. The minimum absolute atomic E-state index is 0.114. The first-order chi connectivity index (χ1) is 7.31. The van der Waals surface area contributed by atoms with Gasteiger partial charge in [-0.05, 0) is 7.05 Å². The zero-order valence-corrected chi connectivity index (χ0v) is 9.01. The molecule has 1 aliphatic heterocycles. The zero-order chi connectivity index (χ0) is 10.7. The van der Waals surface area contributed by atoms with Crippen molar-refractivity contribution in [2.24, 2.45) is 7.05 Å². The lowest BCUT2D eigenvalue weighted by molar-refractivity contribution is -0.0530. The molecule has 84 valence electrons. The van der Waals surface area contributed by atoms with Crippen molar-refractivity contribution in [3.05, 3.63) is 11.9 Å². The molecule has 1 atom stereocenters. The van der Waals surface area contributed by atoms with Gasteiger partial charge in [-0.15, -0.1) is 5.10 Å². The standard InChI is InChI=1S/C9H16N4O2/c1-10-7(5-9-14-3-4-15-9)8-6-11-12-13(8)2/h6-7,9-10H,3-5H2,1-2H3. The van der Waals surface area contributed by atoms with E-state index >= 15 is 0 Å². The fraction of sp³-hybridized carbons (Fsp3) is 0.778. The number of aromatic nitrogens is 3. The molecule has 1 fully saturated rings. The molecular formula is C9H16N4O2. The quantitative estimate of drug-likeness (QED) is 0.751. The highest BCUT2D eigenvalue weighted by atomic mass is 16.7. The first-order valence-electron chi connectivity index (χ1n) is 5.06. The maximum absolute atomic E-state index is 5.41. The third-order valence-electron chi connectivity index (χ3n) is 2.57. The lowest BCUT2D eigenvalue weighted by Gasteiger charge is -2.18. The fourth-order valence-corrected chi connectivity index (χ4v) is 1.74. The van der Waals surface area contributed by atoms with Gasteiger partial charge in [-0.25, -0.2) is 0 Å². The molecule has 0 aromatic carbocycles. The van der Waals surface area contributed by atoms with E-state index in [1.807, 2.05) is 14.1 Å². The summed E-state index contributed by atoms with van der Waals surface area (Å²) < 4.78 is 12.6. The van der Waals surface area contributed by atoms with Gasteiger partial charge in [0.15, 0.2) is 6.29 Å². The molecule has 1 N–H and O–H groups in total. The van der Waals surface area contributed by atoms with E-state index in [-0.39, 0.29) is 12.3 Å². The van der Waals surface area contributed by atoms with Crippen molar-refractivity contribution < 1.29 is 9.47 Å². The van der Waals surface area contributed by atoms with Gasteiger partial charge < -0.3 is 14.8 Å². The topological polar surface area (TPSA) is 61.2 Å². The molecule has 1 unspecified atom stereocenters.